The number of furan rings is 1. The van der Waals surface area contributed by atoms with Crippen LogP contribution in [0.4, 0.5) is 0 Å². The molecule has 0 spiro atoms. The maximum atomic E-state index is 12.0. The average Bonchev–Trinajstić information content (AvgIpc) is 2.71. The Morgan fingerprint density at radius 1 is 1.33 bits per heavy atom. The van der Waals surface area contributed by atoms with Crippen molar-refractivity contribution in [2.24, 2.45) is 0 Å². The molecule has 18 heavy (non-hydrogen) atoms. The van der Waals surface area contributed by atoms with Gasteiger partial charge >= 0.3 is 5.97 Å². The highest BCUT2D eigenvalue weighted by atomic mass is 16.4. The van der Waals surface area contributed by atoms with Crippen LogP contribution in [-0.4, -0.2) is 28.9 Å². The van der Waals surface area contributed by atoms with E-state index in [0.717, 1.165) is 11.3 Å². The third-order valence-electron chi connectivity index (χ3n) is 2.92. The fraction of sp³-hybridized carbons (Fsp3) is 0.385. The topological polar surface area (TPSA) is 70.8 Å². The minimum Gasteiger partial charge on any atom is -0.478 e. The van der Waals surface area contributed by atoms with E-state index in [1.165, 1.54) is 18.7 Å². The first-order chi connectivity index (χ1) is 8.34. The third kappa shape index (κ3) is 3.00. The Labute approximate surface area is 106 Å². The SMILES string of the molecule is CC(C(=O)O)=C(C)C(=O)N(C)Cc1ccoc1C. The monoisotopic (exact) mass is 251 g/mol. The van der Waals surface area contributed by atoms with Crippen molar-refractivity contribution in [3.8, 4) is 0 Å². The lowest BCUT2D eigenvalue weighted by molar-refractivity contribution is -0.133. The fourth-order valence-electron chi connectivity index (χ4n) is 1.51. The standard InChI is InChI=1S/C13H17NO4/c1-8(9(2)13(16)17)12(15)14(4)7-11-5-6-18-10(11)3/h5-6H,7H2,1-4H3,(H,16,17). The lowest BCUT2D eigenvalue weighted by Gasteiger charge is -2.17. The quantitative estimate of drug-likeness (QED) is 0.830. The number of rotatable bonds is 4. The first kappa shape index (κ1) is 14.0. The predicted octanol–water partition coefficient (Wildman–Crippen LogP) is 1.97. The average molecular weight is 251 g/mol. The summed E-state index contributed by atoms with van der Waals surface area (Å²) in [5.41, 5.74) is 1.22. The summed E-state index contributed by atoms with van der Waals surface area (Å²) in [4.78, 5) is 24.3. The molecule has 5 nitrogen and oxygen atoms in total. The number of carbonyl (C=O) groups is 2. The van der Waals surface area contributed by atoms with E-state index in [4.69, 9.17) is 9.52 Å². The van der Waals surface area contributed by atoms with Crippen LogP contribution in [-0.2, 0) is 16.1 Å². The molecule has 0 unspecified atom stereocenters. The van der Waals surface area contributed by atoms with Gasteiger partial charge in [0.15, 0.2) is 0 Å². The zero-order valence-corrected chi connectivity index (χ0v) is 11.0. The second kappa shape index (κ2) is 5.53. The third-order valence-corrected chi connectivity index (χ3v) is 2.92. The van der Waals surface area contributed by atoms with Crippen molar-refractivity contribution in [2.45, 2.75) is 27.3 Å². The smallest absolute Gasteiger partial charge is 0.331 e. The highest BCUT2D eigenvalue weighted by Crippen LogP contribution is 2.14. The molecular weight excluding hydrogens is 234 g/mol. The number of likely N-dealkylation sites (N-methyl/N-ethyl adjacent to an activating group) is 1. The largest absolute Gasteiger partial charge is 0.478 e. The molecule has 1 rings (SSSR count). The molecule has 0 saturated heterocycles. The summed E-state index contributed by atoms with van der Waals surface area (Å²) in [6, 6.07) is 1.79. The number of aliphatic carboxylic acids is 1. The summed E-state index contributed by atoms with van der Waals surface area (Å²) in [6.45, 7) is 5.15. The van der Waals surface area contributed by atoms with Gasteiger partial charge in [-0.1, -0.05) is 0 Å². The molecule has 98 valence electrons. The van der Waals surface area contributed by atoms with Gasteiger partial charge in [0.2, 0.25) is 5.91 Å². The number of aryl methyl sites for hydroxylation is 1. The van der Waals surface area contributed by atoms with Gasteiger partial charge in [0, 0.05) is 30.3 Å². The van der Waals surface area contributed by atoms with Crippen molar-refractivity contribution in [3.05, 3.63) is 34.8 Å². The second-order valence-electron chi connectivity index (χ2n) is 4.22. The number of amides is 1. The van der Waals surface area contributed by atoms with Crippen LogP contribution < -0.4 is 0 Å². The van der Waals surface area contributed by atoms with Gasteiger partial charge in [-0.15, -0.1) is 0 Å². The summed E-state index contributed by atoms with van der Waals surface area (Å²) in [5, 5.41) is 8.84. The Morgan fingerprint density at radius 2 is 1.94 bits per heavy atom. The van der Waals surface area contributed by atoms with Gasteiger partial charge in [-0.05, 0) is 26.8 Å². The number of hydrogen-bond acceptors (Lipinski definition) is 3. The normalized spacial score (nSPS) is 12.0. The van der Waals surface area contributed by atoms with E-state index in [9.17, 15) is 9.59 Å². The van der Waals surface area contributed by atoms with E-state index in [0.29, 0.717) is 6.54 Å². The molecule has 0 saturated carbocycles. The lowest BCUT2D eigenvalue weighted by atomic mass is 10.1. The van der Waals surface area contributed by atoms with Gasteiger partial charge in [0.25, 0.3) is 0 Å². The molecule has 1 heterocycles. The Bertz CT molecular complexity index is 499. The molecular formula is C13H17NO4. The van der Waals surface area contributed by atoms with Crippen molar-refractivity contribution < 1.29 is 19.1 Å². The number of hydrogen-bond donors (Lipinski definition) is 1. The molecule has 0 aromatic carbocycles. The Kier molecular flexibility index (Phi) is 4.31. The summed E-state index contributed by atoms with van der Waals surface area (Å²) in [6.07, 6.45) is 1.56. The maximum absolute atomic E-state index is 12.0. The molecule has 0 aliphatic rings. The van der Waals surface area contributed by atoms with E-state index in [2.05, 4.69) is 0 Å². The first-order valence-electron chi connectivity index (χ1n) is 5.53. The fourth-order valence-corrected chi connectivity index (χ4v) is 1.51. The van der Waals surface area contributed by atoms with E-state index in [1.54, 1.807) is 19.4 Å². The van der Waals surface area contributed by atoms with Gasteiger partial charge < -0.3 is 14.4 Å². The molecule has 0 fully saturated rings. The molecule has 5 heteroatoms. The highest BCUT2D eigenvalue weighted by molar-refractivity contribution is 6.01. The maximum Gasteiger partial charge on any atom is 0.331 e. The number of nitrogens with zero attached hydrogens (tertiary/aromatic N) is 1. The van der Waals surface area contributed by atoms with E-state index >= 15 is 0 Å². The van der Waals surface area contributed by atoms with E-state index < -0.39 is 5.97 Å². The molecule has 0 aliphatic heterocycles. The van der Waals surface area contributed by atoms with E-state index in [1.807, 2.05) is 6.92 Å². The van der Waals surface area contributed by atoms with Gasteiger partial charge in [-0.25, -0.2) is 4.79 Å². The summed E-state index contributed by atoms with van der Waals surface area (Å²) < 4.78 is 5.15. The van der Waals surface area contributed by atoms with Crippen molar-refractivity contribution >= 4 is 11.9 Å². The molecule has 1 amide bonds. The van der Waals surface area contributed by atoms with Crippen LogP contribution in [0.25, 0.3) is 0 Å². The Hall–Kier alpha value is -2.04. The van der Waals surface area contributed by atoms with Crippen molar-refractivity contribution in [1.82, 2.24) is 4.90 Å². The van der Waals surface area contributed by atoms with Gasteiger partial charge in [-0.2, -0.15) is 0 Å². The molecule has 0 aliphatic carbocycles. The van der Waals surface area contributed by atoms with Crippen LogP contribution in [0, 0.1) is 6.92 Å². The Morgan fingerprint density at radius 3 is 2.39 bits per heavy atom. The minimum atomic E-state index is -1.08. The van der Waals surface area contributed by atoms with Crippen molar-refractivity contribution in [3.63, 3.8) is 0 Å². The van der Waals surface area contributed by atoms with Crippen LogP contribution in [0.2, 0.25) is 0 Å². The highest BCUT2D eigenvalue weighted by Gasteiger charge is 2.17. The summed E-state index contributed by atoms with van der Waals surface area (Å²) in [5.74, 6) is -0.615. The molecule has 0 atom stereocenters. The summed E-state index contributed by atoms with van der Waals surface area (Å²) in [7, 11) is 1.63. The number of carboxylic acid groups (broad SMARTS) is 1. The zero-order chi connectivity index (χ0) is 13.9. The van der Waals surface area contributed by atoms with Crippen molar-refractivity contribution in [2.75, 3.05) is 7.05 Å². The molecule has 1 aromatic heterocycles. The first-order valence-corrected chi connectivity index (χ1v) is 5.53. The summed E-state index contributed by atoms with van der Waals surface area (Å²) >= 11 is 0. The minimum absolute atomic E-state index is 0.0655. The zero-order valence-electron chi connectivity index (χ0n) is 11.0. The van der Waals surface area contributed by atoms with Crippen LogP contribution >= 0.6 is 0 Å². The van der Waals surface area contributed by atoms with Crippen LogP contribution in [0.5, 0.6) is 0 Å². The van der Waals surface area contributed by atoms with Gasteiger partial charge in [0.1, 0.15) is 5.76 Å². The van der Waals surface area contributed by atoms with Gasteiger partial charge in [-0.3, -0.25) is 4.79 Å². The van der Waals surface area contributed by atoms with Crippen LogP contribution in [0.15, 0.2) is 27.9 Å². The van der Waals surface area contributed by atoms with E-state index in [-0.39, 0.29) is 17.1 Å². The van der Waals surface area contributed by atoms with Crippen LogP contribution in [0.3, 0.4) is 0 Å². The van der Waals surface area contributed by atoms with Crippen molar-refractivity contribution in [1.29, 1.82) is 0 Å². The molecule has 0 bridgehead atoms. The molecule has 1 N–H and O–H groups in total. The number of carboxylic acids is 1. The number of carbonyl (C=O) groups excluding carboxylic acids is 1. The second-order valence-corrected chi connectivity index (χ2v) is 4.22. The molecule has 1 aromatic rings. The predicted molar refractivity (Wildman–Crippen MR) is 65.9 cm³/mol. The molecule has 0 radical (unpaired) electrons. The lowest BCUT2D eigenvalue weighted by Crippen LogP contribution is -2.28. The van der Waals surface area contributed by atoms with Gasteiger partial charge in [0.05, 0.1) is 6.26 Å². The Balaban J connectivity index is 2.83. The van der Waals surface area contributed by atoms with Crippen LogP contribution in [0.1, 0.15) is 25.2 Å².